The molecule has 1 aliphatic rings. The van der Waals surface area contributed by atoms with Crippen LogP contribution in [-0.2, 0) is 9.53 Å². The van der Waals surface area contributed by atoms with Crippen LogP contribution in [0.3, 0.4) is 0 Å². The second-order valence-corrected chi connectivity index (χ2v) is 3.73. The summed E-state index contributed by atoms with van der Waals surface area (Å²) < 4.78 is 5.06. The lowest BCUT2D eigenvalue weighted by Crippen LogP contribution is -2.52. The zero-order chi connectivity index (χ0) is 9.90. The summed E-state index contributed by atoms with van der Waals surface area (Å²) in [7, 11) is 0. The summed E-state index contributed by atoms with van der Waals surface area (Å²) in [6.07, 6.45) is 2.28. The second-order valence-electron chi connectivity index (χ2n) is 3.73. The standard InChI is InChI=1S/C10H19NO2/c1-4-11-10(3,8-6-7-8)9(12)13-5-2/h8,11H,4-7H2,1-3H3. The van der Waals surface area contributed by atoms with Crippen molar-refractivity contribution in [3.63, 3.8) is 0 Å². The van der Waals surface area contributed by atoms with E-state index in [1.165, 1.54) is 0 Å². The van der Waals surface area contributed by atoms with Crippen molar-refractivity contribution in [3.05, 3.63) is 0 Å². The molecule has 1 atom stereocenters. The number of nitrogens with one attached hydrogen (secondary N) is 1. The molecule has 3 heteroatoms. The molecule has 1 aliphatic carbocycles. The molecule has 1 saturated carbocycles. The molecule has 0 aliphatic heterocycles. The first-order chi connectivity index (χ1) is 6.15. The average molecular weight is 185 g/mol. The summed E-state index contributed by atoms with van der Waals surface area (Å²) in [6.45, 7) is 7.08. The summed E-state index contributed by atoms with van der Waals surface area (Å²) in [5, 5.41) is 3.23. The minimum absolute atomic E-state index is 0.0978. The number of rotatable bonds is 5. The van der Waals surface area contributed by atoms with Crippen molar-refractivity contribution in [3.8, 4) is 0 Å². The number of hydrogen-bond acceptors (Lipinski definition) is 3. The van der Waals surface area contributed by atoms with Gasteiger partial charge in [0.25, 0.3) is 0 Å². The Morgan fingerprint density at radius 3 is 2.54 bits per heavy atom. The van der Waals surface area contributed by atoms with Gasteiger partial charge >= 0.3 is 5.97 Å². The Morgan fingerprint density at radius 1 is 1.54 bits per heavy atom. The van der Waals surface area contributed by atoms with E-state index < -0.39 is 5.54 Å². The minimum atomic E-state index is -0.440. The fourth-order valence-corrected chi connectivity index (χ4v) is 1.69. The van der Waals surface area contributed by atoms with Gasteiger partial charge in [-0.05, 0) is 39.2 Å². The van der Waals surface area contributed by atoms with Crippen LogP contribution in [0.4, 0.5) is 0 Å². The van der Waals surface area contributed by atoms with Gasteiger partial charge in [-0.2, -0.15) is 0 Å². The predicted molar refractivity (Wildman–Crippen MR) is 51.4 cm³/mol. The van der Waals surface area contributed by atoms with Crippen molar-refractivity contribution < 1.29 is 9.53 Å². The highest BCUT2D eigenvalue weighted by molar-refractivity contribution is 5.81. The molecular weight excluding hydrogens is 166 g/mol. The summed E-state index contributed by atoms with van der Waals surface area (Å²) in [4.78, 5) is 11.7. The van der Waals surface area contributed by atoms with Crippen LogP contribution in [0.25, 0.3) is 0 Å². The molecule has 13 heavy (non-hydrogen) atoms. The first-order valence-electron chi connectivity index (χ1n) is 5.07. The van der Waals surface area contributed by atoms with Gasteiger partial charge in [-0.1, -0.05) is 6.92 Å². The van der Waals surface area contributed by atoms with Crippen molar-refractivity contribution in [1.82, 2.24) is 5.32 Å². The van der Waals surface area contributed by atoms with Gasteiger partial charge in [0, 0.05) is 0 Å². The maximum absolute atomic E-state index is 11.7. The fourth-order valence-electron chi connectivity index (χ4n) is 1.69. The molecular formula is C10H19NO2. The maximum Gasteiger partial charge on any atom is 0.326 e. The quantitative estimate of drug-likeness (QED) is 0.657. The van der Waals surface area contributed by atoms with Crippen LogP contribution in [0.2, 0.25) is 0 Å². The maximum atomic E-state index is 11.7. The molecule has 1 rings (SSSR count). The summed E-state index contributed by atoms with van der Waals surface area (Å²) in [5.41, 5.74) is -0.440. The second kappa shape index (κ2) is 4.09. The molecule has 0 heterocycles. The normalized spacial score (nSPS) is 20.8. The highest BCUT2D eigenvalue weighted by Crippen LogP contribution is 2.40. The molecule has 0 spiro atoms. The van der Waals surface area contributed by atoms with Crippen LogP contribution in [-0.4, -0.2) is 24.7 Å². The van der Waals surface area contributed by atoms with Gasteiger partial charge in [-0.15, -0.1) is 0 Å². The van der Waals surface area contributed by atoms with Crippen molar-refractivity contribution in [2.24, 2.45) is 5.92 Å². The van der Waals surface area contributed by atoms with E-state index in [-0.39, 0.29) is 5.97 Å². The van der Waals surface area contributed by atoms with Crippen LogP contribution in [0.5, 0.6) is 0 Å². The van der Waals surface area contributed by atoms with Crippen LogP contribution < -0.4 is 5.32 Å². The number of ether oxygens (including phenoxy) is 1. The van der Waals surface area contributed by atoms with Gasteiger partial charge in [0.2, 0.25) is 0 Å². The molecule has 0 amide bonds. The Labute approximate surface area is 79.8 Å². The van der Waals surface area contributed by atoms with E-state index in [9.17, 15) is 4.79 Å². The molecule has 3 nitrogen and oxygen atoms in total. The van der Waals surface area contributed by atoms with Crippen LogP contribution in [0.15, 0.2) is 0 Å². The molecule has 76 valence electrons. The van der Waals surface area contributed by atoms with E-state index in [1.807, 2.05) is 20.8 Å². The molecule has 0 aromatic carbocycles. The summed E-state index contributed by atoms with van der Waals surface area (Å²) >= 11 is 0. The largest absolute Gasteiger partial charge is 0.465 e. The molecule has 0 aromatic rings. The molecule has 1 fully saturated rings. The van der Waals surface area contributed by atoms with Crippen molar-refractivity contribution in [2.75, 3.05) is 13.2 Å². The zero-order valence-electron chi connectivity index (χ0n) is 8.72. The number of carbonyl (C=O) groups is 1. The van der Waals surface area contributed by atoms with Crippen molar-refractivity contribution in [2.45, 2.75) is 39.2 Å². The third-order valence-electron chi connectivity index (χ3n) is 2.64. The Morgan fingerprint density at radius 2 is 2.15 bits per heavy atom. The Hall–Kier alpha value is -0.570. The topological polar surface area (TPSA) is 38.3 Å². The fraction of sp³-hybridized carbons (Fsp3) is 0.900. The first-order valence-corrected chi connectivity index (χ1v) is 5.07. The zero-order valence-corrected chi connectivity index (χ0v) is 8.72. The lowest BCUT2D eigenvalue weighted by molar-refractivity contribution is -0.151. The smallest absolute Gasteiger partial charge is 0.326 e. The van der Waals surface area contributed by atoms with E-state index in [2.05, 4.69) is 5.32 Å². The Kier molecular flexibility index (Phi) is 3.31. The number of carbonyl (C=O) groups excluding carboxylic acids is 1. The van der Waals surface area contributed by atoms with E-state index >= 15 is 0 Å². The van der Waals surface area contributed by atoms with Gasteiger partial charge in [-0.3, -0.25) is 4.79 Å². The first kappa shape index (κ1) is 10.5. The van der Waals surface area contributed by atoms with Gasteiger partial charge in [0.15, 0.2) is 0 Å². The van der Waals surface area contributed by atoms with Crippen LogP contribution in [0.1, 0.15) is 33.6 Å². The molecule has 0 saturated heterocycles. The Balaban J connectivity index is 2.59. The Bertz CT molecular complexity index is 189. The molecule has 1 unspecified atom stereocenters. The number of hydrogen-bond donors (Lipinski definition) is 1. The van der Waals surface area contributed by atoms with Crippen molar-refractivity contribution >= 4 is 5.97 Å². The summed E-state index contributed by atoms with van der Waals surface area (Å²) in [5.74, 6) is 0.380. The number of likely N-dealkylation sites (N-methyl/N-ethyl adjacent to an activating group) is 1. The monoisotopic (exact) mass is 185 g/mol. The van der Waals surface area contributed by atoms with E-state index in [0.29, 0.717) is 12.5 Å². The third kappa shape index (κ3) is 2.21. The highest BCUT2D eigenvalue weighted by atomic mass is 16.5. The van der Waals surface area contributed by atoms with Crippen LogP contribution in [0, 0.1) is 5.92 Å². The third-order valence-corrected chi connectivity index (χ3v) is 2.64. The lowest BCUT2D eigenvalue weighted by atomic mass is 9.96. The van der Waals surface area contributed by atoms with E-state index in [1.54, 1.807) is 0 Å². The lowest BCUT2D eigenvalue weighted by Gasteiger charge is -2.27. The van der Waals surface area contributed by atoms with Gasteiger partial charge < -0.3 is 10.1 Å². The van der Waals surface area contributed by atoms with Gasteiger partial charge in [0.1, 0.15) is 5.54 Å². The number of esters is 1. The van der Waals surface area contributed by atoms with E-state index in [0.717, 1.165) is 19.4 Å². The minimum Gasteiger partial charge on any atom is -0.465 e. The van der Waals surface area contributed by atoms with E-state index in [4.69, 9.17) is 4.74 Å². The predicted octanol–water partition coefficient (Wildman–Crippen LogP) is 1.33. The average Bonchev–Trinajstić information content (AvgIpc) is 2.87. The summed E-state index contributed by atoms with van der Waals surface area (Å²) in [6, 6.07) is 0. The molecule has 0 aromatic heterocycles. The highest BCUT2D eigenvalue weighted by Gasteiger charge is 2.47. The van der Waals surface area contributed by atoms with Gasteiger partial charge in [-0.25, -0.2) is 0 Å². The molecule has 0 bridgehead atoms. The van der Waals surface area contributed by atoms with Crippen LogP contribution >= 0.6 is 0 Å². The SMILES string of the molecule is CCNC(C)(C(=O)OCC)C1CC1. The van der Waals surface area contributed by atoms with Gasteiger partial charge in [0.05, 0.1) is 6.61 Å². The molecule has 0 radical (unpaired) electrons. The molecule has 1 N–H and O–H groups in total. The van der Waals surface area contributed by atoms with Crippen molar-refractivity contribution in [1.29, 1.82) is 0 Å².